The number of carbonyl (C=O) groups is 1. The van der Waals surface area contributed by atoms with Crippen LogP contribution < -0.4 is 4.90 Å². The van der Waals surface area contributed by atoms with Crippen molar-refractivity contribution in [1.29, 1.82) is 0 Å². The zero-order valence-electron chi connectivity index (χ0n) is 11.4. The molecule has 21 heavy (non-hydrogen) atoms. The second kappa shape index (κ2) is 6.04. The molecule has 2 unspecified atom stereocenters. The Bertz CT molecular complexity index is 565. The highest BCUT2D eigenvalue weighted by Crippen LogP contribution is 2.34. The number of nitro benzene ring substituents is 1. The van der Waals surface area contributed by atoms with Crippen LogP contribution >= 0.6 is 0 Å². The minimum Gasteiger partial charge on any atom is -0.481 e. The van der Waals surface area contributed by atoms with Gasteiger partial charge in [-0.3, -0.25) is 14.9 Å². The van der Waals surface area contributed by atoms with Crippen molar-refractivity contribution in [3.05, 3.63) is 34.1 Å². The maximum atomic E-state index is 13.7. The second-order valence-corrected chi connectivity index (χ2v) is 4.70. The number of carboxylic acid groups (broad SMARTS) is 1. The number of halogens is 1. The van der Waals surface area contributed by atoms with E-state index >= 15 is 0 Å². The van der Waals surface area contributed by atoms with Crippen LogP contribution in [0.3, 0.4) is 0 Å². The fourth-order valence-electron chi connectivity index (χ4n) is 2.59. The first-order valence-corrected chi connectivity index (χ1v) is 6.47. The summed E-state index contributed by atoms with van der Waals surface area (Å²) in [5.74, 6) is -2.77. The van der Waals surface area contributed by atoms with E-state index < -0.39 is 34.4 Å². The molecule has 2 atom stereocenters. The van der Waals surface area contributed by atoms with Crippen LogP contribution in [0, 0.1) is 21.8 Å². The zero-order valence-corrected chi connectivity index (χ0v) is 11.4. The molecule has 1 heterocycles. The van der Waals surface area contributed by atoms with Gasteiger partial charge in [-0.1, -0.05) is 6.07 Å². The Morgan fingerprint density at radius 1 is 1.57 bits per heavy atom. The molecule has 0 spiro atoms. The van der Waals surface area contributed by atoms with Gasteiger partial charge in [-0.15, -0.1) is 0 Å². The number of rotatable bonds is 5. The maximum Gasteiger partial charge on any atom is 0.327 e. The van der Waals surface area contributed by atoms with Gasteiger partial charge in [0.15, 0.2) is 0 Å². The van der Waals surface area contributed by atoms with Gasteiger partial charge in [-0.25, -0.2) is 0 Å². The molecule has 114 valence electrons. The van der Waals surface area contributed by atoms with Crippen molar-refractivity contribution in [2.45, 2.75) is 13.0 Å². The van der Waals surface area contributed by atoms with Gasteiger partial charge >= 0.3 is 11.7 Å². The predicted molar refractivity (Wildman–Crippen MR) is 71.8 cm³/mol. The molecular formula is C13H15FN2O5. The van der Waals surface area contributed by atoms with Crippen molar-refractivity contribution >= 4 is 17.3 Å². The highest BCUT2D eigenvalue weighted by Gasteiger charge is 2.39. The van der Waals surface area contributed by atoms with Crippen LogP contribution in [-0.2, 0) is 9.53 Å². The van der Waals surface area contributed by atoms with E-state index in [1.807, 2.05) is 0 Å². The summed E-state index contributed by atoms with van der Waals surface area (Å²) in [6, 6.07) is 3.23. The number of nitro groups is 1. The lowest BCUT2D eigenvalue weighted by Gasteiger charge is -2.30. The first-order valence-electron chi connectivity index (χ1n) is 6.47. The number of hydrogen-bond acceptors (Lipinski definition) is 5. The van der Waals surface area contributed by atoms with Gasteiger partial charge in [0, 0.05) is 6.54 Å². The molecule has 8 heteroatoms. The lowest BCUT2D eigenvalue weighted by molar-refractivity contribution is -0.386. The Morgan fingerprint density at radius 2 is 2.29 bits per heavy atom. The summed E-state index contributed by atoms with van der Waals surface area (Å²) in [6.07, 6.45) is 0. The minimum absolute atomic E-state index is 0.0413. The lowest BCUT2D eigenvalue weighted by atomic mass is 10.0. The van der Waals surface area contributed by atoms with E-state index in [9.17, 15) is 24.4 Å². The van der Waals surface area contributed by atoms with E-state index in [4.69, 9.17) is 4.74 Å². The molecule has 1 N–H and O–H groups in total. The summed E-state index contributed by atoms with van der Waals surface area (Å²) >= 11 is 0. The Hall–Kier alpha value is -2.22. The summed E-state index contributed by atoms with van der Waals surface area (Å²) in [7, 11) is 0. The largest absolute Gasteiger partial charge is 0.481 e. The van der Waals surface area contributed by atoms with Gasteiger partial charge in [0.2, 0.25) is 5.82 Å². The van der Waals surface area contributed by atoms with Gasteiger partial charge in [0.1, 0.15) is 11.6 Å². The van der Waals surface area contributed by atoms with E-state index in [-0.39, 0.29) is 18.9 Å². The fourth-order valence-corrected chi connectivity index (χ4v) is 2.59. The molecule has 2 rings (SSSR count). The van der Waals surface area contributed by atoms with Gasteiger partial charge in [0.05, 0.1) is 24.2 Å². The predicted octanol–water partition coefficient (Wildman–Crippen LogP) is 1.66. The summed E-state index contributed by atoms with van der Waals surface area (Å²) in [5, 5.41) is 20.3. The molecule has 0 aliphatic carbocycles. The number of carboxylic acids is 1. The molecule has 0 amide bonds. The van der Waals surface area contributed by atoms with E-state index in [0.29, 0.717) is 6.54 Å². The minimum atomic E-state index is -1.03. The average molecular weight is 298 g/mol. The number of ether oxygens (including phenoxy) is 1. The Balaban J connectivity index is 2.45. The van der Waals surface area contributed by atoms with Gasteiger partial charge < -0.3 is 14.7 Å². The van der Waals surface area contributed by atoms with Crippen molar-refractivity contribution in [3.8, 4) is 0 Å². The van der Waals surface area contributed by atoms with Crippen molar-refractivity contribution in [1.82, 2.24) is 0 Å². The summed E-state index contributed by atoms with van der Waals surface area (Å²) in [5.41, 5.74) is -0.570. The van der Waals surface area contributed by atoms with Gasteiger partial charge in [-0.2, -0.15) is 4.39 Å². The van der Waals surface area contributed by atoms with Crippen LogP contribution in [-0.4, -0.2) is 41.8 Å². The smallest absolute Gasteiger partial charge is 0.327 e. The number of nitrogens with zero attached hydrogens (tertiary/aromatic N) is 2. The van der Waals surface area contributed by atoms with Crippen LogP contribution in [0.25, 0.3) is 0 Å². The number of para-hydroxylation sites is 1. The third-order valence-corrected chi connectivity index (χ3v) is 3.57. The molecule has 1 aliphatic rings. The first-order chi connectivity index (χ1) is 9.97. The molecule has 1 aromatic rings. The Kier molecular flexibility index (Phi) is 4.37. The van der Waals surface area contributed by atoms with Crippen LogP contribution in [0.4, 0.5) is 15.8 Å². The fraction of sp³-hybridized carbons (Fsp3) is 0.462. The summed E-state index contributed by atoms with van der Waals surface area (Å²) < 4.78 is 18.9. The van der Waals surface area contributed by atoms with Crippen LogP contribution in [0.5, 0.6) is 0 Å². The van der Waals surface area contributed by atoms with E-state index in [1.54, 1.807) is 6.92 Å². The molecule has 7 nitrogen and oxygen atoms in total. The Labute approximate surface area is 120 Å². The molecule has 1 saturated heterocycles. The third kappa shape index (κ3) is 2.80. The third-order valence-electron chi connectivity index (χ3n) is 3.57. The van der Waals surface area contributed by atoms with Gasteiger partial charge in [0.25, 0.3) is 0 Å². The highest BCUT2D eigenvalue weighted by molar-refractivity contribution is 5.73. The van der Waals surface area contributed by atoms with Crippen LogP contribution in [0.2, 0.25) is 0 Å². The molecule has 0 radical (unpaired) electrons. The monoisotopic (exact) mass is 298 g/mol. The molecule has 0 saturated carbocycles. The lowest BCUT2D eigenvalue weighted by Crippen LogP contribution is -2.43. The molecular weight excluding hydrogens is 283 g/mol. The normalized spacial score (nSPS) is 21.2. The highest BCUT2D eigenvalue weighted by atomic mass is 19.1. The number of aliphatic carboxylic acids is 1. The van der Waals surface area contributed by atoms with E-state index in [0.717, 1.165) is 6.07 Å². The number of benzene rings is 1. The van der Waals surface area contributed by atoms with Crippen molar-refractivity contribution in [3.63, 3.8) is 0 Å². The standard InChI is InChI=1S/C13H15FN2O5/c1-2-15(11-7-21-6-8(11)13(17)18)10-5-3-4-9(14)12(10)16(19)20/h3-5,8,11H,2,6-7H2,1H3,(H,17,18). The second-order valence-electron chi connectivity index (χ2n) is 4.70. The Morgan fingerprint density at radius 3 is 2.86 bits per heavy atom. The molecule has 0 bridgehead atoms. The van der Waals surface area contributed by atoms with Crippen LogP contribution in [0.15, 0.2) is 18.2 Å². The quantitative estimate of drug-likeness (QED) is 0.656. The molecule has 1 aromatic carbocycles. The molecule has 0 aromatic heterocycles. The van der Waals surface area contributed by atoms with Crippen molar-refractivity contribution in [2.24, 2.45) is 5.92 Å². The number of likely N-dealkylation sites (N-methyl/N-ethyl adjacent to an activating group) is 1. The molecule has 1 fully saturated rings. The van der Waals surface area contributed by atoms with E-state index in [2.05, 4.69) is 0 Å². The number of hydrogen-bond donors (Lipinski definition) is 1. The average Bonchev–Trinajstić information content (AvgIpc) is 2.88. The number of anilines is 1. The maximum absolute atomic E-state index is 13.7. The summed E-state index contributed by atoms with van der Waals surface area (Å²) in [6.45, 7) is 2.21. The summed E-state index contributed by atoms with van der Waals surface area (Å²) in [4.78, 5) is 23.0. The van der Waals surface area contributed by atoms with Crippen molar-refractivity contribution < 1.29 is 24.0 Å². The first kappa shape index (κ1) is 15.2. The zero-order chi connectivity index (χ0) is 15.6. The topological polar surface area (TPSA) is 92.9 Å². The van der Waals surface area contributed by atoms with E-state index in [1.165, 1.54) is 17.0 Å². The van der Waals surface area contributed by atoms with Crippen molar-refractivity contribution in [2.75, 3.05) is 24.7 Å². The van der Waals surface area contributed by atoms with Crippen LogP contribution in [0.1, 0.15) is 6.92 Å². The SMILES string of the molecule is CCN(c1cccc(F)c1[N+](=O)[O-])C1COCC1C(=O)O. The van der Waals surface area contributed by atoms with Gasteiger partial charge in [-0.05, 0) is 19.1 Å². The molecule has 1 aliphatic heterocycles.